The number of anilines is 3. The molecule has 2 aromatic rings. The number of thiol groups is 1. The monoisotopic (exact) mass is 335 g/mol. The zero-order valence-electron chi connectivity index (χ0n) is 12.7. The van der Waals surface area contributed by atoms with Crippen LogP contribution < -0.4 is 10.6 Å². The number of amides is 1. The number of hydrogen-bond acceptors (Lipinski definition) is 7. The van der Waals surface area contributed by atoms with Gasteiger partial charge < -0.3 is 10.6 Å². The van der Waals surface area contributed by atoms with E-state index >= 15 is 0 Å². The second kappa shape index (κ2) is 7.63. The molecule has 0 aliphatic carbocycles. The number of carbonyl (C=O) groups is 1. The largest absolute Gasteiger partial charge is 0.337 e. The molecule has 0 unspecified atom stereocenters. The third-order valence-electron chi connectivity index (χ3n) is 3.04. The molecule has 0 aliphatic heterocycles. The maximum Gasteiger partial charge on any atom is 0.212 e. The van der Waals surface area contributed by atoms with Crippen molar-refractivity contribution in [3.63, 3.8) is 0 Å². The van der Waals surface area contributed by atoms with Gasteiger partial charge in [-0.3, -0.25) is 4.79 Å². The summed E-state index contributed by atoms with van der Waals surface area (Å²) in [7, 11) is -2.66. The quantitative estimate of drug-likeness (QED) is 0.518. The van der Waals surface area contributed by atoms with Gasteiger partial charge in [0.15, 0.2) is 17.5 Å². The molecule has 0 aliphatic rings. The third kappa shape index (κ3) is 4.71. The Labute approximate surface area is 135 Å². The fraction of sp³-hybridized carbons (Fsp3) is 0.286. The predicted octanol–water partition coefficient (Wildman–Crippen LogP) is 1.42. The van der Waals surface area contributed by atoms with E-state index in [-0.39, 0.29) is 23.2 Å². The van der Waals surface area contributed by atoms with E-state index in [0.29, 0.717) is 12.3 Å². The first-order valence-electron chi connectivity index (χ1n) is 6.92. The highest BCUT2D eigenvalue weighted by Crippen LogP contribution is 2.23. The highest BCUT2D eigenvalue weighted by Gasteiger charge is 2.10. The van der Waals surface area contributed by atoms with E-state index in [1.165, 1.54) is 5.56 Å². The molecule has 0 radical (unpaired) electrons. The van der Waals surface area contributed by atoms with Crippen LogP contribution in [-0.2, 0) is 21.3 Å². The van der Waals surface area contributed by atoms with E-state index in [1.54, 1.807) is 0 Å². The van der Waals surface area contributed by atoms with Crippen molar-refractivity contribution < 1.29 is 13.2 Å². The van der Waals surface area contributed by atoms with Crippen LogP contribution in [-0.4, -0.2) is 30.0 Å². The molecule has 23 heavy (non-hydrogen) atoms. The number of carbonyl (C=O) groups excluding carboxylic acids is 1. The number of aromatic nitrogens is 3. The van der Waals surface area contributed by atoms with Gasteiger partial charge in [-0.2, -0.15) is 0 Å². The average molecular weight is 335 g/mol. The first kappa shape index (κ1) is 16.8. The van der Waals surface area contributed by atoms with Crippen molar-refractivity contribution in [3.8, 4) is 0 Å². The van der Waals surface area contributed by atoms with Crippen molar-refractivity contribution in [2.75, 3.05) is 10.6 Å². The minimum absolute atomic E-state index is 0.0545. The van der Waals surface area contributed by atoms with Crippen molar-refractivity contribution >= 4 is 34.4 Å². The highest BCUT2D eigenvalue weighted by molar-refractivity contribution is 7.71. The molecule has 9 heteroatoms. The molecule has 0 fully saturated rings. The molecule has 0 spiro atoms. The summed E-state index contributed by atoms with van der Waals surface area (Å²) in [6.07, 6.45) is 0.451. The van der Waals surface area contributed by atoms with Crippen LogP contribution in [0.4, 0.5) is 17.3 Å². The predicted molar refractivity (Wildman–Crippen MR) is 87.3 cm³/mol. The summed E-state index contributed by atoms with van der Waals surface area (Å²) in [6.45, 7) is 4.19. The SMILES string of the molecule is CC(C)c1ccc(Nc2nc(C[SH](=O)=O)nnc2NC=O)cc1. The molecule has 1 heterocycles. The molecular weight excluding hydrogens is 318 g/mol. The topological polar surface area (TPSA) is 114 Å². The Kier molecular flexibility index (Phi) is 5.58. The molecule has 0 bridgehead atoms. The average Bonchev–Trinajstić information content (AvgIpc) is 2.50. The summed E-state index contributed by atoms with van der Waals surface area (Å²) in [5.41, 5.74) is 1.92. The number of rotatable bonds is 7. The van der Waals surface area contributed by atoms with Gasteiger partial charge in [-0.05, 0) is 23.6 Å². The summed E-state index contributed by atoms with van der Waals surface area (Å²) in [5.74, 6) is 0.509. The van der Waals surface area contributed by atoms with Crippen LogP contribution in [0.25, 0.3) is 0 Å². The van der Waals surface area contributed by atoms with Gasteiger partial charge in [0.2, 0.25) is 6.41 Å². The minimum atomic E-state index is -2.66. The van der Waals surface area contributed by atoms with Gasteiger partial charge in [-0.25, -0.2) is 13.4 Å². The maximum absolute atomic E-state index is 10.8. The second-order valence-corrected chi connectivity index (χ2v) is 6.06. The molecule has 8 nitrogen and oxygen atoms in total. The Morgan fingerprint density at radius 3 is 2.39 bits per heavy atom. The molecule has 1 amide bonds. The van der Waals surface area contributed by atoms with Gasteiger partial charge in [-0.15, -0.1) is 10.2 Å². The fourth-order valence-corrected chi connectivity index (χ4v) is 2.24. The van der Waals surface area contributed by atoms with Crippen molar-refractivity contribution in [1.82, 2.24) is 15.2 Å². The first-order chi connectivity index (χ1) is 11.0. The van der Waals surface area contributed by atoms with Crippen molar-refractivity contribution in [2.24, 2.45) is 0 Å². The molecular formula is C14H17N5O3S. The van der Waals surface area contributed by atoms with Crippen LogP contribution in [0.3, 0.4) is 0 Å². The summed E-state index contributed by atoms with van der Waals surface area (Å²) >= 11 is 0. The van der Waals surface area contributed by atoms with Crippen LogP contribution >= 0.6 is 0 Å². The number of hydrogen-bond donors (Lipinski definition) is 3. The van der Waals surface area contributed by atoms with E-state index in [1.807, 2.05) is 24.3 Å². The molecule has 2 rings (SSSR count). The van der Waals surface area contributed by atoms with E-state index < -0.39 is 10.7 Å². The molecule has 1 aromatic carbocycles. The summed E-state index contributed by atoms with van der Waals surface area (Å²) in [4.78, 5) is 14.7. The van der Waals surface area contributed by atoms with Gasteiger partial charge in [0, 0.05) is 5.69 Å². The lowest BCUT2D eigenvalue weighted by molar-refractivity contribution is -0.105. The Hall–Kier alpha value is -2.55. The van der Waals surface area contributed by atoms with Gasteiger partial charge in [0.05, 0.1) is 0 Å². The van der Waals surface area contributed by atoms with Crippen molar-refractivity contribution in [3.05, 3.63) is 35.7 Å². The molecule has 1 aromatic heterocycles. The van der Waals surface area contributed by atoms with Gasteiger partial charge in [-0.1, -0.05) is 26.0 Å². The van der Waals surface area contributed by atoms with Crippen molar-refractivity contribution in [1.29, 1.82) is 0 Å². The number of benzene rings is 1. The zero-order valence-corrected chi connectivity index (χ0v) is 13.6. The summed E-state index contributed by atoms with van der Waals surface area (Å²) in [6, 6.07) is 7.69. The molecule has 2 N–H and O–H groups in total. The van der Waals surface area contributed by atoms with Crippen molar-refractivity contribution in [2.45, 2.75) is 25.5 Å². The number of nitrogens with one attached hydrogen (secondary N) is 2. The summed E-state index contributed by atoms with van der Waals surface area (Å²) in [5, 5.41) is 12.8. The van der Waals surface area contributed by atoms with Gasteiger partial charge >= 0.3 is 0 Å². The molecule has 0 saturated heterocycles. The maximum atomic E-state index is 10.8. The van der Waals surface area contributed by atoms with Crippen LogP contribution in [0.2, 0.25) is 0 Å². The van der Waals surface area contributed by atoms with E-state index in [4.69, 9.17) is 0 Å². The fourth-order valence-electron chi connectivity index (χ4n) is 1.87. The van der Waals surface area contributed by atoms with Gasteiger partial charge in [0.1, 0.15) is 16.5 Å². The molecule has 0 atom stereocenters. The second-order valence-electron chi connectivity index (χ2n) is 5.08. The normalized spacial score (nSPS) is 10.8. The van der Waals surface area contributed by atoms with Crippen LogP contribution in [0.15, 0.2) is 24.3 Å². The van der Waals surface area contributed by atoms with Crippen LogP contribution in [0.1, 0.15) is 31.2 Å². The van der Waals surface area contributed by atoms with E-state index in [0.717, 1.165) is 5.69 Å². The van der Waals surface area contributed by atoms with E-state index in [2.05, 4.69) is 39.7 Å². The lowest BCUT2D eigenvalue weighted by atomic mass is 10.0. The lowest BCUT2D eigenvalue weighted by Crippen LogP contribution is -2.09. The third-order valence-corrected chi connectivity index (χ3v) is 3.58. The molecule has 0 saturated carbocycles. The Morgan fingerprint density at radius 1 is 1.13 bits per heavy atom. The smallest absolute Gasteiger partial charge is 0.212 e. The Morgan fingerprint density at radius 2 is 1.83 bits per heavy atom. The zero-order chi connectivity index (χ0) is 16.8. The minimum Gasteiger partial charge on any atom is -0.337 e. The number of nitrogens with zero attached hydrogens (tertiary/aromatic N) is 3. The van der Waals surface area contributed by atoms with E-state index in [9.17, 15) is 13.2 Å². The summed E-state index contributed by atoms with van der Waals surface area (Å²) < 4.78 is 21.6. The lowest BCUT2D eigenvalue weighted by Gasteiger charge is -2.11. The Balaban J connectivity index is 2.29. The van der Waals surface area contributed by atoms with Crippen LogP contribution in [0, 0.1) is 0 Å². The van der Waals surface area contributed by atoms with Gasteiger partial charge in [0.25, 0.3) is 0 Å². The van der Waals surface area contributed by atoms with Crippen LogP contribution in [0.5, 0.6) is 0 Å². The molecule has 122 valence electrons. The Bertz CT molecular complexity index is 752. The highest BCUT2D eigenvalue weighted by atomic mass is 32.2. The first-order valence-corrected chi connectivity index (χ1v) is 8.28. The standard InChI is InChI=1S/C14H17N5O3S/c1-9(2)10-3-5-11(6-4-10)16-14-13(15-8-20)19-18-12(17-14)7-23(21)22/h3-6,8-9,23H,7H2,1-2H3,(H,15,19,20)(H,16,17,18).